The van der Waals surface area contributed by atoms with Crippen LogP contribution in [0.3, 0.4) is 0 Å². The fourth-order valence-electron chi connectivity index (χ4n) is 7.19. The first-order valence-corrected chi connectivity index (χ1v) is 16.3. The molecule has 2 aliphatic rings. The van der Waals surface area contributed by atoms with E-state index >= 15 is 0 Å². The van der Waals surface area contributed by atoms with Crippen LogP contribution < -0.4 is 10.1 Å². The molecule has 43 heavy (non-hydrogen) atoms. The van der Waals surface area contributed by atoms with Crippen LogP contribution in [0.25, 0.3) is 10.9 Å². The van der Waals surface area contributed by atoms with Gasteiger partial charge < -0.3 is 19.9 Å². The van der Waals surface area contributed by atoms with Crippen LogP contribution in [-0.2, 0) is 16.1 Å². The summed E-state index contributed by atoms with van der Waals surface area (Å²) >= 11 is 1.85. The number of carbonyl (C=O) groups is 2. The largest absolute Gasteiger partial charge is 0.497 e. The number of amides is 2. The number of anilines is 1. The predicted octanol–water partition coefficient (Wildman–Crippen LogP) is 7.55. The lowest BCUT2D eigenvalue weighted by Crippen LogP contribution is -2.60. The van der Waals surface area contributed by atoms with Gasteiger partial charge in [-0.2, -0.15) is 11.8 Å². The van der Waals surface area contributed by atoms with Crippen LogP contribution in [0.5, 0.6) is 5.75 Å². The van der Waals surface area contributed by atoms with Gasteiger partial charge in [0.15, 0.2) is 0 Å². The Morgan fingerprint density at radius 3 is 2.35 bits per heavy atom. The van der Waals surface area contributed by atoms with E-state index in [4.69, 9.17) is 4.74 Å². The molecule has 6 rings (SSSR count). The predicted molar refractivity (Wildman–Crippen MR) is 176 cm³/mol. The second-order valence-electron chi connectivity index (χ2n) is 12.6. The molecule has 224 valence electrons. The molecule has 1 aromatic heterocycles. The number of H-pyrrole nitrogens is 1. The first-order valence-electron chi connectivity index (χ1n) is 15.2. The minimum absolute atomic E-state index is 0.0231. The number of fused-ring (bicyclic) bond motifs is 1. The van der Waals surface area contributed by atoms with E-state index in [1.807, 2.05) is 71.3 Å². The Labute approximate surface area is 258 Å². The zero-order valence-electron chi connectivity index (χ0n) is 25.5. The number of para-hydroxylation sites is 1. The molecule has 0 bridgehead atoms. The van der Waals surface area contributed by atoms with E-state index in [9.17, 15) is 9.59 Å². The third-order valence-electron chi connectivity index (χ3n) is 9.79. The van der Waals surface area contributed by atoms with Gasteiger partial charge >= 0.3 is 0 Å². The highest BCUT2D eigenvalue weighted by molar-refractivity contribution is 7.99. The summed E-state index contributed by atoms with van der Waals surface area (Å²) in [5, 5.41) is 4.41. The smallest absolute Gasteiger partial charge is 0.250 e. The van der Waals surface area contributed by atoms with E-state index in [-0.39, 0.29) is 29.1 Å². The monoisotopic (exact) mass is 595 g/mol. The number of aromatic nitrogens is 1. The third-order valence-corrected chi connectivity index (χ3v) is 10.8. The van der Waals surface area contributed by atoms with Gasteiger partial charge in [0.1, 0.15) is 11.3 Å². The van der Waals surface area contributed by atoms with Crippen molar-refractivity contribution in [2.24, 2.45) is 11.3 Å². The van der Waals surface area contributed by atoms with Crippen molar-refractivity contribution in [2.75, 3.05) is 23.9 Å². The number of hydrogen-bond acceptors (Lipinski definition) is 4. The molecular weight excluding hydrogens is 554 g/mol. The Morgan fingerprint density at radius 1 is 0.977 bits per heavy atom. The fourth-order valence-corrected chi connectivity index (χ4v) is 8.36. The number of ether oxygens (including phenoxy) is 1. The Morgan fingerprint density at radius 2 is 1.65 bits per heavy atom. The van der Waals surface area contributed by atoms with E-state index < -0.39 is 5.54 Å². The van der Waals surface area contributed by atoms with Gasteiger partial charge in [0, 0.05) is 35.2 Å². The summed E-state index contributed by atoms with van der Waals surface area (Å²) in [6, 6.07) is 25.9. The molecule has 1 aliphatic carbocycles. The summed E-state index contributed by atoms with van der Waals surface area (Å²) in [4.78, 5) is 34.4. The lowest BCUT2D eigenvalue weighted by Gasteiger charge is -2.45. The maximum absolute atomic E-state index is 14.6. The quantitative estimate of drug-likeness (QED) is 0.210. The molecule has 1 saturated carbocycles. The summed E-state index contributed by atoms with van der Waals surface area (Å²) in [6.07, 6.45) is 1.66. The van der Waals surface area contributed by atoms with E-state index in [1.165, 1.54) is 16.6 Å². The number of benzene rings is 3. The molecule has 3 aromatic carbocycles. The second-order valence-corrected chi connectivity index (χ2v) is 13.8. The Hall–Kier alpha value is -3.71. The zero-order valence-corrected chi connectivity index (χ0v) is 26.3. The van der Waals surface area contributed by atoms with Crippen LogP contribution >= 0.6 is 11.8 Å². The number of methoxy groups -OCH3 is 1. The minimum Gasteiger partial charge on any atom is -0.497 e. The van der Waals surface area contributed by atoms with Gasteiger partial charge in [-0.25, -0.2) is 0 Å². The summed E-state index contributed by atoms with van der Waals surface area (Å²) in [6.45, 7) is 7.11. The van der Waals surface area contributed by atoms with Gasteiger partial charge in [0.2, 0.25) is 11.8 Å². The van der Waals surface area contributed by atoms with E-state index in [1.54, 1.807) is 7.11 Å². The number of nitrogens with one attached hydrogen (secondary N) is 2. The third kappa shape index (κ3) is 5.55. The van der Waals surface area contributed by atoms with E-state index in [0.717, 1.165) is 28.3 Å². The van der Waals surface area contributed by atoms with Crippen molar-refractivity contribution in [1.29, 1.82) is 0 Å². The van der Waals surface area contributed by atoms with Crippen LogP contribution in [0.4, 0.5) is 5.69 Å². The lowest BCUT2D eigenvalue weighted by atomic mass is 9.87. The fraction of sp³-hybridized carbons (Fsp3) is 0.389. The first-order chi connectivity index (χ1) is 20.7. The molecule has 1 aliphatic heterocycles. The average molecular weight is 596 g/mol. The van der Waals surface area contributed by atoms with E-state index in [0.29, 0.717) is 31.5 Å². The maximum Gasteiger partial charge on any atom is 0.250 e. The molecular formula is C36H41N3O3S. The zero-order chi connectivity index (χ0) is 30.2. The van der Waals surface area contributed by atoms with Crippen molar-refractivity contribution < 1.29 is 14.3 Å². The molecule has 0 unspecified atom stereocenters. The van der Waals surface area contributed by atoms with Crippen LogP contribution in [0, 0.1) is 18.3 Å². The number of rotatable bonds is 9. The van der Waals surface area contributed by atoms with Crippen molar-refractivity contribution in [2.45, 2.75) is 58.0 Å². The van der Waals surface area contributed by atoms with Gasteiger partial charge in [-0.1, -0.05) is 62.4 Å². The molecule has 2 amide bonds. The molecule has 2 N–H and O–H groups in total. The first kappa shape index (κ1) is 29.4. The van der Waals surface area contributed by atoms with Crippen LogP contribution in [0.15, 0.2) is 78.9 Å². The number of nitrogens with zero attached hydrogens (tertiary/aromatic N) is 1. The molecule has 0 radical (unpaired) electrons. The maximum atomic E-state index is 14.6. The molecule has 4 aromatic rings. The van der Waals surface area contributed by atoms with Gasteiger partial charge in [-0.15, -0.1) is 0 Å². The molecule has 2 atom stereocenters. The standard InChI is InChI=1S/C36H41N3O3S/c1-24-32(28-12-8-9-13-30(28)37-24)33-29(35(33,2)3)22-31(40)39(23-25-10-6-5-7-11-25)36(18-20-43-21-19-36)34(41)38-26-14-16-27(42-4)17-15-26/h5-17,29,33,37H,18-23H2,1-4H3,(H,38,41)/t29-,33-/m0/s1. The highest BCUT2D eigenvalue weighted by atomic mass is 32.2. The van der Waals surface area contributed by atoms with Crippen LogP contribution in [0.1, 0.15) is 55.8 Å². The molecule has 7 heteroatoms. The number of thioether (sulfide) groups is 1. The number of carbonyl (C=O) groups excluding carboxylic acids is 2. The Kier molecular flexibility index (Phi) is 8.03. The SMILES string of the molecule is COc1ccc(NC(=O)C2(N(Cc3ccccc3)C(=O)C[C@H]3[C@@H](c4c(C)[nH]c5ccccc45)C3(C)C)CCSCC2)cc1. The Balaban J connectivity index is 1.32. The highest BCUT2D eigenvalue weighted by Crippen LogP contribution is 2.67. The molecule has 2 heterocycles. The normalized spacial score (nSPS) is 20.4. The van der Waals surface area contributed by atoms with Crippen LogP contribution in [-0.4, -0.2) is 45.9 Å². The number of aryl methyl sites for hydroxylation is 1. The second kappa shape index (κ2) is 11.8. The van der Waals surface area contributed by atoms with Crippen molar-refractivity contribution in [3.05, 3.63) is 95.7 Å². The topological polar surface area (TPSA) is 74.4 Å². The molecule has 1 saturated heterocycles. The highest BCUT2D eigenvalue weighted by Gasteiger charge is 2.60. The van der Waals surface area contributed by atoms with Gasteiger partial charge in [0.25, 0.3) is 0 Å². The Bertz CT molecular complexity index is 1610. The van der Waals surface area contributed by atoms with E-state index in [2.05, 4.69) is 55.3 Å². The number of hydrogen-bond donors (Lipinski definition) is 2. The average Bonchev–Trinajstić information content (AvgIpc) is 3.37. The minimum atomic E-state index is -0.927. The molecule has 0 spiro atoms. The van der Waals surface area contributed by atoms with Crippen molar-refractivity contribution in [1.82, 2.24) is 9.88 Å². The van der Waals surface area contributed by atoms with Crippen molar-refractivity contribution in [3.63, 3.8) is 0 Å². The van der Waals surface area contributed by atoms with Crippen LogP contribution in [0.2, 0.25) is 0 Å². The summed E-state index contributed by atoms with van der Waals surface area (Å²) in [7, 11) is 1.63. The summed E-state index contributed by atoms with van der Waals surface area (Å²) < 4.78 is 5.30. The summed E-state index contributed by atoms with van der Waals surface area (Å²) in [5.41, 5.74) is 4.43. The van der Waals surface area contributed by atoms with Gasteiger partial charge in [-0.3, -0.25) is 9.59 Å². The molecule has 6 nitrogen and oxygen atoms in total. The summed E-state index contributed by atoms with van der Waals surface area (Å²) in [5.74, 6) is 2.81. The lowest BCUT2D eigenvalue weighted by molar-refractivity contribution is -0.147. The number of aromatic amines is 1. The van der Waals surface area contributed by atoms with Gasteiger partial charge in [-0.05, 0) is 90.0 Å². The van der Waals surface area contributed by atoms with Gasteiger partial charge in [0.05, 0.1) is 7.11 Å². The molecule has 2 fully saturated rings. The van der Waals surface area contributed by atoms with Crippen molar-refractivity contribution in [3.8, 4) is 5.75 Å². The van der Waals surface area contributed by atoms with Crippen molar-refractivity contribution >= 4 is 40.2 Å².